The summed E-state index contributed by atoms with van der Waals surface area (Å²) >= 11 is 0. The Labute approximate surface area is 885 Å². The van der Waals surface area contributed by atoms with E-state index in [-0.39, 0.29) is 77.7 Å². The predicted octanol–water partition coefficient (Wildman–Crippen LogP) is 30.3. The van der Waals surface area contributed by atoms with Crippen LogP contribution in [0, 0.1) is 11.8 Å². The maximum atomic E-state index is 13.7. The number of ether oxygens (including phenoxy) is 4. The minimum atomic E-state index is -3.31. The second-order valence-corrected chi connectivity index (χ2v) is 40.6. The number of halogens is 2. The summed E-state index contributed by atoms with van der Waals surface area (Å²) in [7, 11) is 4.90. The Morgan fingerprint density at radius 3 is 1.14 bits per heavy atom. The number of carbonyl (C=O) groups is 4. The number of fused-ring (bicyclic) bond motifs is 4. The monoisotopic (exact) mass is 2020 g/mol. The molecule has 4 amide bonds. The molecule has 150 heavy (non-hydrogen) atoms. The Kier molecular flexibility index (Phi) is 36.3. The minimum absolute atomic E-state index is 0.0463. The summed E-state index contributed by atoms with van der Waals surface area (Å²) in [6.07, 6.45) is 11.9. The van der Waals surface area contributed by atoms with E-state index in [0.29, 0.717) is 35.3 Å². The van der Waals surface area contributed by atoms with Crippen molar-refractivity contribution in [3.63, 3.8) is 0 Å². The molecule has 18 rings (SSSR count). The van der Waals surface area contributed by atoms with Gasteiger partial charge in [-0.05, 0) is 352 Å². The van der Waals surface area contributed by atoms with Crippen molar-refractivity contribution >= 4 is 103 Å². The molecule has 5 heterocycles. The Hall–Kier alpha value is -15.4. The van der Waals surface area contributed by atoms with Gasteiger partial charge in [0.05, 0.1) is 56.9 Å². The van der Waals surface area contributed by atoms with Crippen LogP contribution in [0.25, 0.3) is 67.5 Å². The first-order valence-electron chi connectivity index (χ1n) is 52.9. The van der Waals surface area contributed by atoms with Crippen LogP contribution in [0.15, 0.2) is 305 Å². The molecule has 5 aliphatic rings. The first-order valence-corrected chi connectivity index (χ1v) is 52.9. The van der Waals surface area contributed by atoms with Crippen molar-refractivity contribution in [1.29, 1.82) is 0 Å². The van der Waals surface area contributed by atoms with E-state index >= 15 is 0 Å². The van der Waals surface area contributed by atoms with E-state index in [4.69, 9.17) is 18.9 Å². The second-order valence-electron chi connectivity index (χ2n) is 40.6. The average molecular weight is 2020 g/mol. The number of hydrogen-bond donors (Lipinski definition) is 6. The van der Waals surface area contributed by atoms with E-state index in [9.17, 15) is 28.0 Å². The van der Waals surface area contributed by atoms with Gasteiger partial charge in [-0.15, -0.1) is 0 Å². The van der Waals surface area contributed by atoms with Gasteiger partial charge in [0.1, 0.15) is 23.0 Å². The molecule has 12 aromatic carbocycles. The number of methoxy groups -OCH3 is 3. The summed E-state index contributed by atoms with van der Waals surface area (Å²) in [5.41, 5.74) is 28.0. The third-order valence-electron chi connectivity index (χ3n) is 28.8. The number of rotatable bonds is 35. The Bertz CT molecular complexity index is 6850. The van der Waals surface area contributed by atoms with Crippen LogP contribution in [-0.4, -0.2) is 111 Å². The van der Waals surface area contributed by atoms with Crippen LogP contribution in [0.5, 0.6) is 5.75 Å². The third-order valence-corrected chi connectivity index (χ3v) is 28.8. The van der Waals surface area contributed by atoms with Crippen molar-refractivity contribution in [2.45, 2.75) is 215 Å². The van der Waals surface area contributed by atoms with Crippen LogP contribution in [0.4, 0.5) is 71.3 Å². The van der Waals surface area contributed by atoms with Crippen LogP contribution in [0.2, 0.25) is 0 Å². The molecule has 0 bridgehead atoms. The van der Waals surface area contributed by atoms with Gasteiger partial charge in [0, 0.05) is 171 Å². The molecule has 23 heteroatoms. The van der Waals surface area contributed by atoms with Crippen molar-refractivity contribution in [2.24, 2.45) is 11.8 Å². The van der Waals surface area contributed by atoms with Crippen LogP contribution >= 0.6 is 0 Å². The smallest absolute Gasteiger partial charge is 0.394 e. The van der Waals surface area contributed by atoms with Gasteiger partial charge in [-0.2, -0.15) is 13.9 Å². The highest BCUT2D eigenvalue weighted by Crippen LogP contribution is 2.49. The number of anilines is 11. The lowest BCUT2D eigenvalue weighted by molar-refractivity contribution is -0.158. The summed E-state index contributed by atoms with van der Waals surface area (Å²) in [5.74, 6) is 3.67. The lowest BCUT2D eigenvalue weighted by Crippen LogP contribution is -2.43. The van der Waals surface area contributed by atoms with Crippen LogP contribution in [0.3, 0.4) is 0 Å². The van der Waals surface area contributed by atoms with E-state index < -0.39 is 6.11 Å². The standard InChI is InChI=1S/C35H45N3O2.C32H39N3O2.C31H35N3O2.C29H28F2N4O2/c1-7-9-20-37(21-10-8-2)32-13-11-12-29(23-32)30-16-19-35-33(24-30)34(22-25(3)38(35)27(5)39)36-31-17-14-28(15-18-31)26(4)40-6;1-21(2)16-17-33-29-9-7-8-26(19-29)27-12-15-32-30(20-27)31(18-22(3)35(32)24(5)36)34-28-13-10-25(11-14-28)23(4)37-6;1-20-16-30(33-27-13-10-24(11-14-27)21(2)36-4)29-18-26(12-15-31(29)34(20)22(3)35)25-6-5-7-28(17-25)32-19-23-8-9-23;1-19-16-26(33-25-10-4-5-11-28(25)37-29(3,30)31)24-18-22(12-13-27(24)35(19)20(2)36)21-8-6-9-23(17-21)34-15-7-14-32-34/h11-19,23-25,34,36H,4,7-10,20-22H2,1-3,5-6H3;7-15,19-22,31,33-34H,4,16-18H2,1-3,5-6H3;5-7,10-15,17-18,20,23,30,32-33H,2,8-9,16,19H2,1,3-4H3;4-15,17-19,26,33H,16H2,1-3H3/t25-,34+;22-,31+;20-,30+;19-,26+/m0000/s1. The van der Waals surface area contributed by atoms with Crippen LogP contribution in [-0.2, 0) is 33.4 Å². The van der Waals surface area contributed by atoms with Gasteiger partial charge in [-0.3, -0.25) is 19.2 Å². The largest absolute Gasteiger partial charge is 0.497 e. The van der Waals surface area contributed by atoms with Crippen molar-refractivity contribution in [2.75, 3.05) is 104 Å². The normalized spacial score (nSPS) is 17.2. The molecule has 782 valence electrons. The van der Waals surface area contributed by atoms with Gasteiger partial charge in [0.2, 0.25) is 23.6 Å². The SMILES string of the molecule is C=C(OC)c1ccc(N[C@@H]2C[C@H](C)N(C(C)=O)c3ccc(-c4cccc(N(CCCC)CCCC)c4)cc32)cc1.C=C(OC)c1ccc(N[C@@H]2C[C@H](C)N(C(C)=O)c3ccc(-c4cccc(NCC5CC5)c4)cc32)cc1.C=C(OC)c1ccc(N[C@@H]2C[C@H](C)N(C(C)=O)c3ccc(-c4cccc(NCCC(C)C)c4)cc32)cc1.CC(=O)N1c2ccc(-c3cccc(-n4cccn4)c3)cc2[C@H](Nc2ccccc2OC(C)(F)F)C[C@@H]1C. The van der Waals surface area contributed by atoms with Gasteiger partial charge in [0.25, 0.3) is 0 Å². The highest BCUT2D eigenvalue weighted by molar-refractivity contribution is 5.98. The summed E-state index contributed by atoms with van der Waals surface area (Å²) in [6.45, 7) is 40.6. The molecule has 4 aliphatic heterocycles. The summed E-state index contributed by atoms with van der Waals surface area (Å²) < 4.78 is 49.9. The number of benzene rings is 12. The number of carbonyl (C=O) groups excluding carboxylic acids is 4. The number of para-hydroxylation sites is 2. The third kappa shape index (κ3) is 27.4. The van der Waals surface area contributed by atoms with Gasteiger partial charge < -0.3 is 75.3 Å². The van der Waals surface area contributed by atoms with Gasteiger partial charge in [-0.1, -0.05) is 145 Å². The number of amides is 4. The zero-order valence-corrected chi connectivity index (χ0v) is 89.8. The first-order chi connectivity index (χ1) is 72.2. The fraction of sp³-hybridized carbons (Fsp3) is 0.331. The number of aromatic nitrogens is 2. The number of nitrogens with one attached hydrogen (secondary N) is 6. The van der Waals surface area contributed by atoms with E-state index in [1.54, 1.807) is 83.0 Å². The van der Waals surface area contributed by atoms with Gasteiger partial charge in [0.15, 0.2) is 0 Å². The van der Waals surface area contributed by atoms with E-state index in [1.807, 2.05) is 101 Å². The minimum Gasteiger partial charge on any atom is -0.497 e. The van der Waals surface area contributed by atoms with E-state index in [2.05, 4.69) is 286 Å². The molecule has 0 spiro atoms. The summed E-state index contributed by atoms with van der Waals surface area (Å²) in [4.78, 5) is 60.5. The van der Waals surface area contributed by atoms with Crippen molar-refractivity contribution in [1.82, 2.24) is 9.78 Å². The van der Waals surface area contributed by atoms with Crippen molar-refractivity contribution < 1.29 is 46.9 Å². The molecule has 6 N–H and O–H groups in total. The molecule has 13 aromatic rings. The van der Waals surface area contributed by atoms with Gasteiger partial charge in [-0.25, -0.2) is 4.68 Å². The fourth-order valence-corrected chi connectivity index (χ4v) is 20.8. The Morgan fingerprint density at radius 2 is 0.780 bits per heavy atom. The number of unbranched alkanes of at least 4 members (excludes halogenated alkanes) is 2. The zero-order chi connectivity index (χ0) is 107. The molecular weight excluding hydrogens is 1870 g/mol. The predicted molar refractivity (Wildman–Crippen MR) is 615 cm³/mol. The number of hydrogen-bond acceptors (Lipinski definition) is 16. The topological polar surface area (TPSA) is 211 Å². The summed E-state index contributed by atoms with van der Waals surface area (Å²) in [6, 6.07) is 92.9. The van der Waals surface area contributed by atoms with E-state index in [1.165, 1.54) is 67.0 Å². The van der Waals surface area contributed by atoms with E-state index in [0.717, 1.165) is 188 Å². The molecule has 0 saturated heterocycles. The molecule has 0 radical (unpaired) electrons. The molecule has 1 aromatic heterocycles. The Morgan fingerprint density at radius 1 is 0.420 bits per heavy atom. The fourth-order valence-electron chi connectivity index (χ4n) is 20.8. The lowest BCUT2D eigenvalue weighted by Gasteiger charge is -2.40. The van der Waals surface area contributed by atoms with Crippen LogP contribution in [0.1, 0.15) is 224 Å². The van der Waals surface area contributed by atoms with Crippen molar-refractivity contribution in [3.8, 4) is 55.9 Å². The highest BCUT2D eigenvalue weighted by Gasteiger charge is 2.39. The first kappa shape index (κ1) is 109. The number of alkyl halides is 2. The lowest BCUT2D eigenvalue weighted by atomic mass is 9.88. The molecule has 8 atom stereocenters. The van der Waals surface area contributed by atoms with Crippen LogP contribution < -0.4 is 61.1 Å². The maximum absolute atomic E-state index is 13.7. The summed E-state index contributed by atoms with van der Waals surface area (Å²) in [5, 5.41) is 26.1. The quantitative estimate of drug-likeness (QED) is 0.0204. The number of nitrogens with zero attached hydrogens (tertiary/aromatic N) is 7. The average Bonchev–Trinajstić information content (AvgIpc) is 0.822. The Balaban J connectivity index is 0.000000150. The molecule has 21 nitrogen and oxygen atoms in total. The zero-order valence-electron chi connectivity index (χ0n) is 89.8. The molecular formula is C127H147F2N13O8. The van der Waals surface area contributed by atoms with Crippen molar-refractivity contribution in [3.05, 3.63) is 344 Å². The molecule has 1 saturated carbocycles. The molecule has 0 unspecified atom stereocenters. The second kappa shape index (κ2) is 50.1. The molecule has 1 fully saturated rings. The highest BCUT2D eigenvalue weighted by atomic mass is 19.3. The maximum Gasteiger partial charge on any atom is 0.394 e. The van der Waals surface area contributed by atoms with Gasteiger partial charge >= 0.3 is 6.11 Å². The molecule has 1 aliphatic carbocycles.